The predicted octanol–water partition coefficient (Wildman–Crippen LogP) is 4.16. The van der Waals surface area contributed by atoms with Gasteiger partial charge in [-0.15, -0.1) is 10.2 Å². The Bertz CT molecular complexity index is 1450. The van der Waals surface area contributed by atoms with Gasteiger partial charge in [0.1, 0.15) is 12.3 Å². The standard InChI is InChI=1S/C25H20N4O6/c30-22(10-8-17-4-3-11-33-17)26-13-23(31)27-28-24-18-5-1-2-6-19(18)29(25(24)32)14-16-7-9-20-21(12-16)35-15-34-20/h1-12,32H,13-15H2,(H,26,30)/b10-8+,28-27?. The number of hydrogen-bond donors (Lipinski definition) is 2. The summed E-state index contributed by atoms with van der Waals surface area (Å²) in [4.78, 5) is 24.0. The zero-order valence-corrected chi connectivity index (χ0v) is 18.4. The first-order valence-electron chi connectivity index (χ1n) is 10.7. The zero-order chi connectivity index (χ0) is 24.2. The van der Waals surface area contributed by atoms with Gasteiger partial charge < -0.3 is 28.9 Å². The Kier molecular flexibility index (Phi) is 6.00. The number of amides is 2. The lowest BCUT2D eigenvalue weighted by Crippen LogP contribution is -2.26. The number of rotatable bonds is 7. The third kappa shape index (κ3) is 4.76. The molecule has 0 saturated carbocycles. The van der Waals surface area contributed by atoms with Crippen molar-refractivity contribution in [2.24, 2.45) is 10.2 Å². The van der Waals surface area contributed by atoms with E-state index >= 15 is 0 Å². The number of benzene rings is 2. The number of ether oxygens (including phenoxy) is 2. The molecular weight excluding hydrogens is 452 g/mol. The van der Waals surface area contributed by atoms with E-state index in [1.54, 1.807) is 28.8 Å². The third-order valence-corrected chi connectivity index (χ3v) is 5.31. The molecule has 10 heteroatoms. The second-order valence-electron chi connectivity index (χ2n) is 7.62. The number of hydrogen-bond acceptors (Lipinski definition) is 7. The first kappa shape index (κ1) is 22.0. The van der Waals surface area contributed by atoms with Crippen LogP contribution in [0.4, 0.5) is 5.69 Å². The van der Waals surface area contributed by atoms with Gasteiger partial charge in [-0.1, -0.05) is 24.3 Å². The summed E-state index contributed by atoms with van der Waals surface area (Å²) in [6.07, 6.45) is 4.22. The monoisotopic (exact) mass is 472 g/mol. The summed E-state index contributed by atoms with van der Waals surface area (Å²) >= 11 is 0. The van der Waals surface area contributed by atoms with Crippen molar-refractivity contribution < 1.29 is 28.6 Å². The molecule has 2 amide bonds. The van der Waals surface area contributed by atoms with Crippen molar-refractivity contribution in [2.45, 2.75) is 6.54 Å². The molecule has 1 aliphatic heterocycles. The quantitative estimate of drug-likeness (QED) is 0.307. The van der Waals surface area contributed by atoms with Crippen molar-refractivity contribution >= 4 is 34.5 Å². The number of nitrogens with zero attached hydrogens (tertiary/aromatic N) is 3. The van der Waals surface area contributed by atoms with Crippen LogP contribution in [-0.2, 0) is 16.1 Å². The molecule has 0 atom stereocenters. The van der Waals surface area contributed by atoms with Crippen LogP contribution >= 0.6 is 0 Å². The number of aromatic hydroxyl groups is 1. The molecule has 0 fully saturated rings. The van der Waals surface area contributed by atoms with Crippen LogP contribution in [0.25, 0.3) is 17.0 Å². The van der Waals surface area contributed by atoms with Gasteiger partial charge in [-0.3, -0.25) is 9.59 Å². The maximum absolute atomic E-state index is 12.2. The highest BCUT2D eigenvalue weighted by Gasteiger charge is 2.19. The molecular formula is C25H20N4O6. The molecule has 1 aliphatic rings. The average molecular weight is 472 g/mol. The highest BCUT2D eigenvalue weighted by Crippen LogP contribution is 2.40. The van der Waals surface area contributed by atoms with Gasteiger partial charge in [-0.2, -0.15) is 0 Å². The molecule has 176 valence electrons. The predicted molar refractivity (Wildman–Crippen MR) is 126 cm³/mol. The molecule has 2 aromatic heterocycles. The summed E-state index contributed by atoms with van der Waals surface area (Å²) in [6, 6.07) is 16.2. The van der Waals surface area contributed by atoms with Crippen LogP contribution < -0.4 is 14.8 Å². The Morgan fingerprint density at radius 1 is 1.09 bits per heavy atom. The fraction of sp³-hybridized carbons (Fsp3) is 0.120. The summed E-state index contributed by atoms with van der Waals surface area (Å²) in [5, 5.41) is 21.6. The van der Waals surface area contributed by atoms with Gasteiger partial charge in [-0.05, 0) is 42.0 Å². The van der Waals surface area contributed by atoms with Gasteiger partial charge in [0.25, 0.3) is 5.91 Å². The highest BCUT2D eigenvalue weighted by atomic mass is 16.7. The molecule has 2 N–H and O–H groups in total. The molecule has 0 radical (unpaired) electrons. The maximum Gasteiger partial charge on any atom is 0.283 e. The van der Waals surface area contributed by atoms with E-state index in [1.807, 2.05) is 30.3 Å². The second kappa shape index (κ2) is 9.56. The SMILES string of the molecule is O=C(CNC(=O)/C=C/c1ccco1)N=Nc1c(O)n(Cc2ccc3c(c2)OCO3)c2ccccc12. The number of aromatic nitrogens is 1. The van der Waals surface area contributed by atoms with Crippen molar-refractivity contribution in [2.75, 3.05) is 13.3 Å². The number of fused-ring (bicyclic) bond motifs is 2. The van der Waals surface area contributed by atoms with Crippen LogP contribution in [0, 0.1) is 0 Å². The molecule has 0 bridgehead atoms. The van der Waals surface area contributed by atoms with Gasteiger partial charge in [0.15, 0.2) is 17.2 Å². The minimum absolute atomic E-state index is 0.133. The molecule has 0 saturated heterocycles. The first-order chi connectivity index (χ1) is 17.1. The molecule has 0 spiro atoms. The Hall–Kier alpha value is -4.86. The van der Waals surface area contributed by atoms with Crippen molar-refractivity contribution in [3.05, 3.63) is 78.3 Å². The van der Waals surface area contributed by atoms with Gasteiger partial charge in [0, 0.05) is 11.5 Å². The largest absolute Gasteiger partial charge is 0.493 e. The Labute approximate surface area is 199 Å². The maximum atomic E-state index is 12.2. The average Bonchev–Trinajstić information content (AvgIpc) is 3.61. The summed E-state index contributed by atoms with van der Waals surface area (Å²) < 4.78 is 17.6. The van der Waals surface area contributed by atoms with E-state index in [2.05, 4.69) is 15.5 Å². The minimum atomic E-state index is -0.670. The summed E-state index contributed by atoms with van der Waals surface area (Å²) in [5.41, 5.74) is 1.77. The van der Waals surface area contributed by atoms with Crippen LogP contribution in [0.15, 0.2) is 81.6 Å². The summed E-state index contributed by atoms with van der Waals surface area (Å²) in [6.45, 7) is 0.168. The van der Waals surface area contributed by atoms with Gasteiger partial charge in [0.05, 0.1) is 18.3 Å². The van der Waals surface area contributed by atoms with Gasteiger partial charge in [0.2, 0.25) is 18.6 Å². The lowest BCUT2D eigenvalue weighted by atomic mass is 10.2. The van der Waals surface area contributed by atoms with E-state index in [0.29, 0.717) is 29.2 Å². The van der Waals surface area contributed by atoms with Crippen molar-refractivity contribution in [3.8, 4) is 17.4 Å². The molecule has 10 nitrogen and oxygen atoms in total. The van der Waals surface area contributed by atoms with Crippen LogP contribution in [0.2, 0.25) is 0 Å². The fourth-order valence-corrected chi connectivity index (χ4v) is 3.66. The molecule has 3 heterocycles. The van der Waals surface area contributed by atoms with E-state index in [1.165, 1.54) is 18.4 Å². The van der Waals surface area contributed by atoms with Crippen LogP contribution in [0.1, 0.15) is 11.3 Å². The van der Waals surface area contributed by atoms with Crippen molar-refractivity contribution in [1.82, 2.24) is 9.88 Å². The first-order valence-corrected chi connectivity index (χ1v) is 10.7. The number of para-hydroxylation sites is 1. The smallest absolute Gasteiger partial charge is 0.283 e. The summed E-state index contributed by atoms with van der Waals surface area (Å²) in [7, 11) is 0. The number of nitrogens with one attached hydrogen (secondary N) is 1. The topological polar surface area (TPSA) is 128 Å². The number of carbonyl (C=O) groups excluding carboxylic acids is 2. The normalized spacial score (nSPS) is 12.7. The van der Waals surface area contributed by atoms with E-state index in [-0.39, 0.29) is 24.9 Å². The Morgan fingerprint density at radius 2 is 1.94 bits per heavy atom. The fourth-order valence-electron chi connectivity index (χ4n) is 3.66. The Balaban J connectivity index is 1.30. The van der Waals surface area contributed by atoms with E-state index in [0.717, 1.165) is 11.1 Å². The summed E-state index contributed by atoms with van der Waals surface area (Å²) in [5.74, 6) is 0.548. The van der Waals surface area contributed by atoms with Gasteiger partial charge in [-0.25, -0.2) is 0 Å². The molecule has 4 aromatic rings. The van der Waals surface area contributed by atoms with E-state index in [9.17, 15) is 14.7 Å². The van der Waals surface area contributed by atoms with Crippen LogP contribution in [0.5, 0.6) is 17.4 Å². The molecule has 35 heavy (non-hydrogen) atoms. The zero-order valence-electron chi connectivity index (χ0n) is 18.4. The number of carbonyl (C=O) groups is 2. The molecule has 0 unspecified atom stereocenters. The highest BCUT2D eigenvalue weighted by molar-refractivity contribution is 5.96. The van der Waals surface area contributed by atoms with Crippen LogP contribution in [0.3, 0.4) is 0 Å². The second-order valence-corrected chi connectivity index (χ2v) is 7.62. The lowest BCUT2D eigenvalue weighted by Gasteiger charge is -2.08. The van der Waals surface area contributed by atoms with E-state index in [4.69, 9.17) is 13.9 Å². The molecule has 5 rings (SSSR count). The molecule has 2 aromatic carbocycles. The number of azo groups is 1. The Morgan fingerprint density at radius 3 is 2.80 bits per heavy atom. The van der Waals surface area contributed by atoms with Crippen molar-refractivity contribution in [1.29, 1.82) is 0 Å². The van der Waals surface area contributed by atoms with E-state index < -0.39 is 11.8 Å². The van der Waals surface area contributed by atoms with Crippen molar-refractivity contribution in [3.63, 3.8) is 0 Å². The van der Waals surface area contributed by atoms with Crippen LogP contribution in [-0.4, -0.2) is 34.8 Å². The third-order valence-electron chi connectivity index (χ3n) is 5.31. The van der Waals surface area contributed by atoms with Gasteiger partial charge >= 0.3 is 0 Å². The molecule has 0 aliphatic carbocycles. The lowest BCUT2D eigenvalue weighted by molar-refractivity contribution is -0.122. The number of furan rings is 1. The minimum Gasteiger partial charge on any atom is -0.493 e.